The van der Waals surface area contributed by atoms with Crippen LogP contribution in [0.2, 0.25) is 0 Å². The molecular weight excluding hydrogens is 220 g/mol. The molecule has 0 saturated heterocycles. The van der Waals surface area contributed by atoms with Crippen LogP contribution in [0.3, 0.4) is 0 Å². The first kappa shape index (κ1) is 12.1. The lowest BCUT2D eigenvalue weighted by atomic mass is 9.70. The Morgan fingerprint density at radius 2 is 1.78 bits per heavy atom. The average molecular weight is 244 g/mol. The van der Waals surface area contributed by atoms with E-state index in [1.165, 1.54) is 24.8 Å². The molecule has 3 atom stereocenters. The van der Waals surface area contributed by atoms with E-state index in [4.69, 9.17) is 4.74 Å². The monoisotopic (exact) mass is 244 g/mol. The molecule has 2 aliphatic carbocycles. The maximum atomic E-state index is 6.30. The molecule has 1 aromatic carbocycles. The maximum Gasteiger partial charge on any atom is 0.119 e. The fourth-order valence-corrected chi connectivity index (χ4v) is 4.09. The van der Waals surface area contributed by atoms with Crippen molar-refractivity contribution < 1.29 is 4.74 Å². The van der Waals surface area contributed by atoms with Crippen molar-refractivity contribution in [1.82, 2.24) is 0 Å². The molecule has 0 aliphatic heterocycles. The largest absolute Gasteiger partial charge is 0.490 e. The molecule has 2 saturated carbocycles. The second-order valence-electron chi connectivity index (χ2n) is 7.03. The van der Waals surface area contributed by atoms with E-state index in [2.05, 4.69) is 52.0 Å². The molecule has 2 aliphatic rings. The van der Waals surface area contributed by atoms with Crippen molar-refractivity contribution in [2.45, 2.75) is 53.1 Å². The molecule has 2 fully saturated rings. The van der Waals surface area contributed by atoms with Crippen molar-refractivity contribution in [2.75, 3.05) is 0 Å². The van der Waals surface area contributed by atoms with Gasteiger partial charge in [-0.2, -0.15) is 0 Å². The first-order chi connectivity index (χ1) is 8.43. The number of hydrogen-bond acceptors (Lipinski definition) is 1. The van der Waals surface area contributed by atoms with Gasteiger partial charge in [0.15, 0.2) is 0 Å². The van der Waals surface area contributed by atoms with Crippen LogP contribution in [0.4, 0.5) is 0 Å². The van der Waals surface area contributed by atoms with Gasteiger partial charge in [-0.25, -0.2) is 0 Å². The Bertz CT molecular complexity index is 445. The summed E-state index contributed by atoms with van der Waals surface area (Å²) in [7, 11) is 0. The first-order valence-corrected chi connectivity index (χ1v) is 7.17. The standard InChI is InChI=1S/C17H24O/c1-12-5-7-14(8-6-12)18-15-11-13-9-10-17(15,4)16(13,2)3/h5-8,13,15H,9-11H2,1-4H3/t13-,15-,17+/m1/s1. The molecule has 18 heavy (non-hydrogen) atoms. The Hall–Kier alpha value is -0.980. The van der Waals surface area contributed by atoms with Gasteiger partial charge >= 0.3 is 0 Å². The van der Waals surface area contributed by atoms with Crippen molar-refractivity contribution >= 4 is 0 Å². The fourth-order valence-electron chi connectivity index (χ4n) is 4.09. The fraction of sp³-hybridized carbons (Fsp3) is 0.647. The number of ether oxygens (including phenoxy) is 1. The maximum absolute atomic E-state index is 6.30. The zero-order chi connectivity index (χ0) is 13.0. The SMILES string of the molecule is Cc1ccc(O[C@@H]2C[C@H]3CC[C@]2(C)C3(C)C)cc1. The predicted octanol–water partition coefficient (Wildman–Crippen LogP) is 4.59. The molecule has 1 heteroatoms. The molecule has 0 unspecified atom stereocenters. The van der Waals surface area contributed by atoms with Crippen LogP contribution in [0.25, 0.3) is 0 Å². The van der Waals surface area contributed by atoms with Gasteiger partial charge in [0.25, 0.3) is 0 Å². The highest BCUT2D eigenvalue weighted by atomic mass is 16.5. The predicted molar refractivity (Wildman–Crippen MR) is 74.8 cm³/mol. The van der Waals surface area contributed by atoms with E-state index in [1.54, 1.807) is 0 Å². The number of rotatable bonds is 2. The molecule has 0 heterocycles. The van der Waals surface area contributed by atoms with Gasteiger partial charge in [0, 0.05) is 5.41 Å². The summed E-state index contributed by atoms with van der Waals surface area (Å²) in [6.07, 6.45) is 4.34. The minimum Gasteiger partial charge on any atom is -0.490 e. The number of hydrogen-bond donors (Lipinski definition) is 0. The van der Waals surface area contributed by atoms with Crippen LogP contribution in [0.5, 0.6) is 5.75 Å². The van der Waals surface area contributed by atoms with Gasteiger partial charge in [-0.15, -0.1) is 0 Å². The molecule has 0 aromatic heterocycles. The van der Waals surface area contributed by atoms with E-state index >= 15 is 0 Å². The zero-order valence-corrected chi connectivity index (χ0v) is 12.0. The molecule has 0 radical (unpaired) electrons. The average Bonchev–Trinajstić information content (AvgIpc) is 2.65. The second-order valence-corrected chi connectivity index (χ2v) is 7.03. The Morgan fingerprint density at radius 3 is 2.28 bits per heavy atom. The van der Waals surface area contributed by atoms with E-state index < -0.39 is 0 Å². The molecule has 0 N–H and O–H groups in total. The van der Waals surface area contributed by atoms with E-state index in [0.717, 1.165) is 11.7 Å². The first-order valence-electron chi connectivity index (χ1n) is 7.17. The minimum atomic E-state index is 0.350. The van der Waals surface area contributed by atoms with Gasteiger partial charge in [0.1, 0.15) is 11.9 Å². The van der Waals surface area contributed by atoms with Crippen LogP contribution in [0.1, 0.15) is 45.6 Å². The topological polar surface area (TPSA) is 9.23 Å². The number of fused-ring (bicyclic) bond motifs is 2. The number of benzene rings is 1. The summed E-state index contributed by atoms with van der Waals surface area (Å²) in [5.74, 6) is 1.88. The number of aryl methyl sites for hydroxylation is 1. The zero-order valence-electron chi connectivity index (χ0n) is 12.0. The molecule has 2 bridgehead atoms. The summed E-state index contributed by atoms with van der Waals surface area (Å²) in [4.78, 5) is 0. The summed E-state index contributed by atoms with van der Waals surface area (Å²) >= 11 is 0. The molecular formula is C17H24O. The van der Waals surface area contributed by atoms with Crippen molar-refractivity contribution in [1.29, 1.82) is 0 Å². The summed E-state index contributed by atoms with van der Waals surface area (Å²) in [5.41, 5.74) is 2.08. The lowest BCUT2D eigenvalue weighted by Gasteiger charge is -2.38. The van der Waals surface area contributed by atoms with Crippen LogP contribution in [0, 0.1) is 23.7 Å². The van der Waals surface area contributed by atoms with Gasteiger partial charge in [-0.3, -0.25) is 0 Å². The van der Waals surface area contributed by atoms with E-state index in [9.17, 15) is 0 Å². The molecule has 0 amide bonds. The Kier molecular flexibility index (Phi) is 2.52. The Labute approximate surface area is 111 Å². The molecule has 1 aromatic rings. The third kappa shape index (κ3) is 1.52. The highest BCUT2D eigenvalue weighted by molar-refractivity contribution is 5.27. The lowest BCUT2D eigenvalue weighted by molar-refractivity contribution is 0.0302. The van der Waals surface area contributed by atoms with Crippen molar-refractivity contribution in [3.05, 3.63) is 29.8 Å². The minimum absolute atomic E-state index is 0.350. The van der Waals surface area contributed by atoms with Crippen molar-refractivity contribution in [3.8, 4) is 5.75 Å². The third-order valence-electron chi connectivity index (χ3n) is 6.01. The lowest BCUT2D eigenvalue weighted by Crippen LogP contribution is -2.38. The van der Waals surface area contributed by atoms with Crippen LogP contribution < -0.4 is 4.74 Å². The summed E-state index contributed by atoms with van der Waals surface area (Å²) in [6, 6.07) is 8.49. The van der Waals surface area contributed by atoms with Gasteiger partial charge in [-0.1, -0.05) is 38.5 Å². The molecule has 98 valence electrons. The second kappa shape index (κ2) is 3.76. The van der Waals surface area contributed by atoms with Crippen molar-refractivity contribution in [2.24, 2.45) is 16.7 Å². The van der Waals surface area contributed by atoms with Crippen LogP contribution in [-0.4, -0.2) is 6.10 Å². The summed E-state index contributed by atoms with van der Waals surface area (Å²) < 4.78 is 6.30. The van der Waals surface area contributed by atoms with Crippen LogP contribution in [-0.2, 0) is 0 Å². The molecule has 1 nitrogen and oxygen atoms in total. The van der Waals surface area contributed by atoms with Gasteiger partial charge < -0.3 is 4.74 Å². The van der Waals surface area contributed by atoms with Gasteiger partial charge in [-0.05, 0) is 49.7 Å². The normalized spacial score (nSPS) is 36.9. The highest BCUT2D eigenvalue weighted by Gasteiger charge is 2.62. The Morgan fingerprint density at radius 1 is 1.11 bits per heavy atom. The van der Waals surface area contributed by atoms with E-state index in [-0.39, 0.29) is 0 Å². The van der Waals surface area contributed by atoms with E-state index in [0.29, 0.717) is 16.9 Å². The van der Waals surface area contributed by atoms with E-state index in [1.807, 2.05) is 0 Å². The van der Waals surface area contributed by atoms with Crippen molar-refractivity contribution in [3.63, 3.8) is 0 Å². The summed E-state index contributed by atoms with van der Waals surface area (Å²) in [6.45, 7) is 9.41. The molecule has 3 rings (SSSR count). The quantitative estimate of drug-likeness (QED) is 0.739. The van der Waals surface area contributed by atoms with Gasteiger partial charge in [0.05, 0.1) is 0 Å². The molecule has 0 spiro atoms. The highest BCUT2D eigenvalue weighted by Crippen LogP contribution is 2.66. The van der Waals surface area contributed by atoms with Crippen LogP contribution >= 0.6 is 0 Å². The van der Waals surface area contributed by atoms with Crippen LogP contribution in [0.15, 0.2) is 24.3 Å². The third-order valence-corrected chi connectivity index (χ3v) is 6.01. The smallest absolute Gasteiger partial charge is 0.119 e. The summed E-state index contributed by atoms with van der Waals surface area (Å²) in [5, 5.41) is 0. The Balaban J connectivity index is 1.81. The van der Waals surface area contributed by atoms with Gasteiger partial charge in [0.2, 0.25) is 0 Å².